The summed E-state index contributed by atoms with van der Waals surface area (Å²) in [7, 11) is 4.54. The summed E-state index contributed by atoms with van der Waals surface area (Å²) in [4.78, 5) is 22.8. The van der Waals surface area contributed by atoms with Crippen molar-refractivity contribution in [3.63, 3.8) is 0 Å². The number of fused-ring (bicyclic) bond motifs is 1. The number of amides is 1. The molecule has 0 saturated heterocycles. The number of hydrogen-bond donors (Lipinski definition) is 1. The number of rotatable bonds is 7. The maximum absolute atomic E-state index is 12.4. The molecule has 3 rings (SSSR count). The van der Waals surface area contributed by atoms with Crippen molar-refractivity contribution >= 4 is 33.1 Å². The highest BCUT2D eigenvalue weighted by Crippen LogP contribution is 2.40. The Morgan fingerprint density at radius 3 is 2.36 bits per heavy atom. The molecule has 2 aromatic heterocycles. The Bertz CT molecular complexity index is 993. The van der Waals surface area contributed by atoms with Gasteiger partial charge in [-0.2, -0.15) is 0 Å². The zero-order valence-corrected chi connectivity index (χ0v) is 17.1. The quantitative estimate of drug-likeness (QED) is 0.647. The predicted octanol–water partition coefficient (Wildman–Crippen LogP) is 3.35. The summed E-state index contributed by atoms with van der Waals surface area (Å²) in [5.41, 5.74) is 1.55. The first-order valence-corrected chi connectivity index (χ1v) is 9.23. The van der Waals surface area contributed by atoms with Gasteiger partial charge < -0.3 is 24.3 Å². The van der Waals surface area contributed by atoms with Crippen molar-refractivity contribution in [2.24, 2.45) is 0 Å². The molecule has 0 bridgehead atoms. The lowest BCUT2D eigenvalue weighted by molar-refractivity contribution is -0.118. The van der Waals surface area contributed by atoms with Crippen LogP contribution in [-0.4, -0.2) is 43.8 Å². The highest BCUT2D eigenvalue weighted by molar-refractivity contribution is 7.18. The van der Waals surface area contributed by atoms with Gasteiger partial charge in [-0.3, -0.25) is 4.79 Å². The number of aromatic nitrogens is 2. The maximum atomic E-state index is 12.4. The van der Waals surface area contributed by atoms with Crippen molar-refractivity contribution in [3.05, 3.63) is 28.9 Å². The number of anilines is 1. The fraction of sp³-hybridized carbons (Fsp3) is 0.316. The van der Waals surface area contributed by atoms with Gasteiger partial charge in [0.1, 0.15) is 11.2 Å². The van der Waals surface area contributed by atoms with Gasteiger partial charge in [0.2, 0.25) is 11.6 Å². The number of nitrogens with zero attached hydrogens (tertiary/aromatic N) is 2. The number of thiophene rings is 1. The van der Waals surface area contributed by atoms with Crippen LogP contribution in [0.2, 0.25) is 0 Å². The van der Waals surface area contributed by atoms with Crippen molar-refractivity contribution in [3.8, 4) is 23.1 Å². The number of nitrogens with one attached hydrogen (secondary N) is 1. The van der Waals surface area contributed by atoms with Gasteiger partial charge in [-0.1, -0.05) is 0 Å². The summed E-state index contributed by atoms with van der Waals surface area (Å²) >= 11 is 1.57. The molecule has 0 atom stereocenters. The monoisotopic (exact) mass is 403 g/mol. The van der Waals surface area contributed by atoms with Crippen molar-refractivity contribution in [1.82, 2.24) is 9.97 Å². The van der Waals surface area contributed by atoms with Gasteiger partial charge >= 0.3 is 0 Å². The third-order valence-corrected chi connectivity index (χ3v) is 5.33. The molecule has 2 heterocycles. The first-order chi connectivity index (χ1) is 13.5. The summed E-state index contributed by atoms with van der Waals surface area (Å²) in [6.45, 7) is 3.81. The zero-order chi connectivity index (χ0) is 20.3. The number of hydrogen-bond acceptors (Lipinski definition) is 8. The molecule has 0 fully saturated rings. The number of methoxy groups -OCH3 is 3. The summed E-state index contributed by atoms with van der Waals surface area (Å²) < 4.78 is 21.5. The van der Waals surface area contributed by atoms with E-state index in [4.69, 9.17) is 18.9 Å². The van der Waals surface area contributed by atoms with Crippen molar-refractivity contribution < 1.29 is 23.7 Å². The molecule has 1 N–H and O–H groups in total. The van der Waals surface area contributed by atoms with E-state index in [9.17, 15) is 4.79 Å². The number of aryl methyl sites for hydroxylation is 2. The normalized spacial score (nSPS) is 10.6. The van der Waals surface area contributed by atoms with Crippen molar-refractivity contribution in [2.45, 2.75) is 13.8 Å². The standard InChI is InChI=1S/C19H21N3O5S/c1-10-11(2)28-19-16(10)18(20-9-21-19)27-8-15(23)22-12-6-13(24-3)17(26-5)14(7-12)25-4/h6-7,9H,8H2,1-5H3,(H,22,23). The zero-order valence-electron chi connectivity index (χ0n) is 16.3. The molecular weight excluding hydrogens is 382 g/mol. The van der Waals surface area contributed by atoms with E-state index in [2.05, 4.69) is 15.3 Å². The van der Waals surface area contributed by atoms with Gasteiger partial charge in [-0.05, 0) is 19.4 Å². The lowest BCUT2D eigenvalue weighted by Crippen LogP contribution is -2.20. The van der Waals surface area contributed by atoms with Gasteiger partial charge in [0.25, 0.3) is 5.91 Å². The smallest absolute Gasteiger partial charge is 0.262 e. The third kappa shape index (κ3) is 3.79. The van der Waals surface area contributed by atoms with E-state index in [1.165, 1.54) is 27.7 Å². The van der Waals surface area contributed by atoms with Crippen LogP contribution in [0.3, 0.4) is 0 Å². The minimum atomic E-state index is -0.342. The van der Waals surface area contributed by atoms with Crippen molar-refractivity contribution in [1.29, 1.82) is 0 Å². The van der Waals surface area contributed by atoms with Crippen LogP contribution in [0.1, 0.15) is 10.4 Å². The topological polar surface area (TPSA) is 91.8 Å². The summed E-state index contributed by atoms with van der Waals surface area (Å²) in [6, 6.07) is 3.29. The van der Waals surface area contributed by atoms with Crippen molar-refractivity contribution in [2.75, 3.05) is 33.3 Å². The molecule has 1 aromatic carbocycles. The van der Waals surface area contributed by atoms with Crippen LogP contribution in [0.15, 0.2) is 18.5 Å². The fourth-order valence-corrected chi connectivity index (χ4v) is 3.73. The number of benzene rings is 1. The molecule has 0 unspecified atom stereocenters. The largest absolute Gasteiger partial charge is 0.493 e. The molecule has 1 amide bonds. The first kappa shape index (κ1) is 19.7. The lowest BCUT2D eigenvalue weighted by Gasteiger charge is -2.14. The Morgan fingerprint density at radius 2 is 1.75 bits per heavy atom. The predicted molar refractivity (Wildman–Crippen MR) is 107 cm³/mol. The van der Waals surface area contributed by atoms with E-state index in [0.717, 1.165) is 20.7 Å². The second kappa shape index (κ2) is 8.30. The Balaban J connectivity index is 1.75. The molecular formula is C19H21N3O5S. The van der Waals surface area contributed by atoms with Crippen LogP contribution < -0.4 is 24.3 Å². The number of carbonyl (C=O) groups excluding carboxylic acids is 1. The van der Waals surface area contributed by atoms with Gasteiger partial charge in [0.15, 0.2) is 18.1 Å². The summed E-state index contributed by atoms with van der Waals surface area (Å²) in [5, 5.41) is 3.60. The third-order valence-electron chi connectivity index (χ3n) is 4.22. The second-order valence-electron chi connectivity index (χ2n) is 5.89. The van der Waals surface area contributed by atoms with Crippen LogP contribution in [-0.2, 0) is 4.79 Å². The summed E-state index contributed by atoms with van der Waals surface area (Å²) in [5.74, 6) is 1.39. The molecule has 8 nitrogen and oxygen atoms in total. The molecule has 3 aromatic rings. The minimum Gasteiger partial charge on any atom is -0.493 e. The van der Waals surface area contributed by atoms with E-state index < -0.39 is 0 Å². The fourth-order valence-electron chi connectivity index (χ4n) is 2.74. The van der Waals surface area contributed by atoms with Crippen LogP contribution in [0.25, 0.3) is 10.2 Å². The van der Waals surface area contributed by atoms with Gasteiger partial charge in [-0.15, -0.1) is 11.3 Å². The minimum absolute atomic E-state index is 0.197. The Kier molecular flexibility index (Phi) is 5.84. The van der Waals surface area contributed by atoms with Crippen LogP contribution in [0, 0.1) is 13.8 Å². The van der Waals surface area contributed by atoms with Crippen LogP contribution in [0.4, 0.5) is 5.69 Å². The molecule has 9 heteroatoms. The average Bonchev–Trinajstić information content (AvgIpc) is 2.99. The molecule has 148 valence electrons. The Labute approximate surface area is 166 Å². The average molecular weight is 403 g/mol. The van der Waals surface area contributed by atoms with E-state index >= 15 is 0 Å². The number of carbonyl (C=O) groups is 1. The number of ether oxygens (including phenoxy) is 4. The molecule has 0 aliphatic rings. The maximum Gasteiger partial charge on any atom is 0.262 e. The van der Waals surface area contributed by atoms with Gasteiger partial charge in [0, 0.05) is 22.7 Å². The highest BCUT2D eigenvalue weighted by Gasteiger charge is 2.16. The molecule has 0 aliphatic heterocycles. The first-order valence-electron chi connectivity index (χ1n) is 8.41. The lowest BCUT2D eigenvalue weighted by atomic mass is 10.2. The molecule has 28 heavy (non-hydrogen) atoms. The molecule has 0 radical (unpaired) electrons. The molecule has 0 spiro atoms. The summed E-state index contributed by atoms with van der Waals surface area (Å²) in [6.07, 6.45) is 1.43. The van der Waals surface area contributed by atoms with Crippen LogP contribution >= 0.6 is 11.3 Å². The van der Waals surface area contributed by atoms with E-state index in [1.54, 1.807) is 23.5 Å². The Morgan fingerprint density at radius 1 is 1.07 bits per heavy atom. The van der Waals surface area contributed by atoms with E-state index in [0.29, 0.717) is 28.8 Å². The Hall–Kier alpha value is -3.07. The van der Waals surface area contributed by atoms with Gasteiger partial charge in [0.05, 0.1) is 26.7 Å². The molecule has 0 saturated carbocycles. The van der Waals surface area contributed by atoms with E-state index in [-0.39, 0.29) is 12.5 Å². The van der Waals surface area contributed by atoms with E-state index in [1.807, 2.05) is 13.8 Å². The second-order valence-corrected chi connectivity index (χ2v) is 7.10. The van der Waals surface area contributed by atoms with Crippen LogP contribution in [0.5, 0.6) is 23.1 Å². The highest BCUT2D eigenvalue weighted by atomic mass is 32.1. The molecule has 0 aliphatic carbocycles. The van der Waals surface area contributed by atoms with Gasteiger partial charge in [-0.25, -0.2) is 9.97 Å². The SMILES string of the molecule is COc1cc(NC(=O)COc2ncnc3sc(C)c(C)c23)cc(OC)c1OC.